The van der Waals surface area contributed by atoms with Crippen LogP contribution in [0.2, 0.25) is 0 Å². The molecule has 0 unspecified atom stereocenters. The number of aryl methyl sites for hydroxylation is 2. The number of nitrogen functional groups attached to an aromatic ring is 1. The lowest BCUT2D eigenvalue weighted by atomic mass is 10.2. The topological polar surface area (TPSA) is 64.3 Å². The van der Waals surface area contributed by atoms with Gasteiger partial charge in [-0.2, -0.15) is 0 Å². The van der Waals surface area contributed by atoms with Crippen LogP contribution in [0.1, 0.15) is 11.1 Å². The van der Waals surface area contributed by atoms with Crippen LogP contribution in [0.3, 0.4) is 0 Å². The third-order valence-corrected chi connectivity index (χ3v) is 3.04. The Labute approximate surface area is 122 Å². The summed E-state index contributed by atoms with van der Waals surface area (Å²) >= 11 is 0. The van der Waals surface area contributed by atoms with E-state index in [2.05, 4.69) is 5.32 Å². The first-order valence-electron chi connectivity index (χ1n) is 6.50. The number of carbonyl (C=O) groups is 1. The fourth-order valence-electron chi connectivity index (χ4n) is 1.82. The Morgan fingerprint density at radius 1 is 1.19 bits per heavy atom. The SMILES string of the molecule is Cc1cc(OCC(=O)Nc2cc(N)ccc2C)ccc1F. The van der Waals surface area contributed by atoms with Gasteiger partial charge in [0.15, 0.2) is 6.61 Å². The molecule has 2 rings (SSSR count). The second kappa shape index (κ2) is 6.26. The molecule has 2 aromatic rings. The van der Waals surface area contributed by atoms with Gasteiger partial charge in [0.05, 0.1) is 0 Å². The summed E-state index contributed by atoms with van der Waals surface area (Å²) in [4.78, 5) is 11.9. The summed E-state index contributed by atoms with van der Waals surface area (Å²) in [6.07, 6.45) is 0. The molecule has 0 aliphatic rings. The van der Waals surface area contributed by atoms with Crippen LogP contribution in [0, 0.1) is 19.7 Å². The molecule has 21 heavy (non-hydrogen) atoms. The number of halogens is 1. The van der Waals surface area contributed by atoms with E-state index in [0.717, 1.165) is 5.56 Å². The minimum Gasteiger partial charge on any atom is -0.484 e. The summed E-state index contributed by atoms with van der Waals surface area (Å²) in [5.74, 6) is -0.152. The summed E-state index contributed by atoms with van der Waals surface area (Å²) in [7, 11) is 0. The maximum atomic E-state index is 13.1. The molecule has 0 aliphatic carbocycles. The monoisotopic (exact) mass is 288 g/mol. The fourth-order valence-corrected chi connectivity index (χ4v) is 1.82. The van der Waals surface area contributed by atoms with Crippen LogP contribution in [-0.4, -0.2) is 12.5 Å². The first-order valence-corrected chi connectivity index (χ1v) is 6.50. The zero-order valence-electron chi connectivity index (χ0n) is 11.9. The summed E-state index contributed by atoms with van der Waals surface area (Å²) < 4.78 is 18.5. The predicted octanol–water partition coefficient (Wildman–Crippen LogP) is 3.04. The van der Waals surface area contributed by atoms with Crippen LogP contribution >= 0.6 is 0 Å². The number of hydrogen-bond acceptors (Lipinski definition) is 3. The maximum absolute atomic E-state index is 13.1. The highest BCUT2D eigenvalue weighted by atomic mass is 19.1. The van der Waals surface area contributed by atoms with Gasteiger partial charge in [-0.05, 0) is 55.3 Å². The number of amides is 1. The zero-order chi connectivity index (χ0) is 15.4. The minimum absolute atomic E-state index is 0.153. The highest BCUT2D eigenvalue weighted by Gasteiger charge is 2.07. The molecule has 4 nitrogen and oxygen atoms in total. The van der Waals surface area contributed by atoms with E-state index in [0.29, 0.717) is 22.7 Å². The highest BCUT2D eigenvalue weighted by Crippen LogP contribution is 2.19. The van der Waals surface area contributed by atoms with Crippen LogP contribution in [0.5, 0.6) is 5.75 Å². The molecule has 0 aliphatic heterocycles. The lowest BCUT2D eigenvalue weighted by Crippen LogP contribution is -2.20. The molecular formula is C16H17FN2O2. The van der Waals surface area contributed by atoms with Crippen molar-refractivity contribution in [1.82, 2.24) is 0 Å². The normalized spacial score (nSPS) is 10.2. The second-order valence-corrected chi connectivity index (χ2v) is 4.82. The molecule has 0 fully saturated rings. The lowest BCUT2D eigenvalue weighted by Gasteiger charge is -2.10. The molecule has 0 aromatic heterocycles. The lowest BCUT2D eigenvalue weighted by molar-refractivity contribution is -0.118. The zero-order valence-corrected chi connectivity index (χ0v) is 11.9. The molecule has 0 bridgehead atoms. The van der Waals surface area contributed by atoms with E-state index in [1.807, 2.05) is 13.0 Å². The third kappa shape index (κ3) is 3.95. The van der Waals surface area contributed by atoms with Crippen LogP contribution in [0.25, 0.3) is 0 Å². The van der Waals surface area contributed by atoms with Crippen molar-refractivity contribution in [3.63, 3.8) is 0 Å². The van der Waals surface area contributed by atoms with Crippen molar-refractivity contribution < 1.29 is 13.9 Å². The van der Waals surface area contributed by atoms with Crippen molar-refractivity contribution in [3.05, 3.63) is 53.3 Å². The Bertz CT molecular complexity index is 671. The quantitative estimate of drug-likeness (QED) is 0.850. The summed E-state index contributed by atoms with van der Waals surface area (Å²) in [6, 6.07) is 9.63. The van der Waals surface area contributed by atoms with Crippen molar-refractivity contribution >= 4 is 17.3 Å². The van der Waals surface area contributed by atoms with Gasteiger partial charge in [0.1, 0.15) is 11.6 Å². The van der Waals surface area contributed by atoms with Crippen molar-refractivity contribution in [1.29, 1.82) is 0 Å². The molecule has 2 aromatic carbocycles. The smallest absolute Gasteiger partial charge is 0.262 e. The molecule has 0 atom stereocenters. The number of ether oxygens (including phenoxy) is 1. The molecule has 0 radical (unpaired) electrons. The molecule has 110 valence electrons. The van der Waals surface area contributed by atoms with Crippen LogP contribution in [0.15, 0.2) is 36.4 Å². The second-order valence-electron chi connectivity index (χ2n) is 4.82. The van der Waals surface area contributed by atoms with Gasteiger partial charge in [0, 0.05) is 11.4 Å². The minimum atomic E-state index is -0.304. The molecule has 0 saturated carbocycles. The van der Waals surface area contributed by atoms with E-state index in [1.165, 1.54) is 12.1 Å². The molecule has 5 heteroatoms. The number of anilines is 2. The number of benzene rings is 2. The average molecular weight is 288 g/mol. The molecule has 0 heterocycles. The van der Waals surface area contributed by atoms with Crippen LogP contribution in [0.4, 0.5) is 15.8 Å². The molecule has 3 N–H and O–H groups in total. The first-order chi connectivity index (χ1) is 9.95. The van der Waals surface area contributed by atoms with E-state index in [9.17, 15) is 9.18 Å². The van der Waals surface area contributed by atoms with E-state index in [4.69, 9.17) is 10.5 Å². The number of nitrogens with two attached hydrogens (primary N) is 1. The highest BCUT2D eigenvalue weighted by molar-refractivity contribution is 5.93. The van der Waals surface area contributed by atoms with Gasteiger partial charge < -0.3 is 15.8 Å². The summed E-state index contributed by atoms with van der Waals surface area (Å²) in [6.45, 7) is 3.36. The third-order valence-electron chi connectivity index (χ3n) is 3.04. The van der Waals surface area contributed by atoms with Gasteiger partial charge in [-0.1, -0.05) is 6.07 Å². The van der Waals surface area contributed by atoms with Crippen molar-refractivity contribution in [2.45, 2.75) is 13.8 Å². The van der Waals surface area contributed by atoms with Gasteiger partial charge in [0.2, 0.25) is 0 Å². The van der Waals surface area contributed by atoms with Gasteiger partial charge in [0.25, 0.3) is 5.91 Å². The first kappa shape index (κ1) is 14.8. The van der Waals surface area contributed by atoms with E-state index in [-0.39, 0.29) is 18.3 Å². The number of carbonyl (C=O) groups excluding carboxylic acids is 1. The standard InChI is InChI=1S/C16H17FN2O2/c1-10-3-4-12(18)8-15(10)19-16(20)9-21-13-5-6-14(17)11(2)7-13/h3-8H,9,18H2,1-2H3,(H,19,20). The van der Waals surface area contributed by atoms with Crippen LogP contribution < -0.4 is 15.8 Å². The van der Waals surface area contributed by atoms with Gasteiger partial charge in [-0.3, -0.25) is 4.79 Å². The maximum Gasteiger partial charge on any atom is 0.262 e. The summed E-state index contributed by atoms with van der Waals surface area (Å²) in [5, 5.41) is 2.73. The molecule has 0 saturated heterocycles. The largest absolute Gasteiger partial charge is 0.484 e. The van der Waals surface area contributed by atoms with Gasteiger partial charge >= 0.3 is 0 Å². The molecule has 1 amide bonds. The predicted molar refractivity (Wildman–Crippen MR) is 80.9 cm³/mol. The van der Waals surface area contributed by atoms with Crippen molar-refractivity contribution in [3.8, 4) is 5.75 Å². The Kier molecular flexibility index (Phi) is 4.42. The Balaban J connectivity index is 1.95. The summed E-state index contributed by atoms with van der Waals surface area (Å²) in [5.41, 5.74) is 8.29. The van der Waals surface area contributed by atoms with E-state index in [1.54, 1.807) is 25.1 Å². The Morgan fingerprint density at radius 3 is 2.67 bits per heavy atom. The van der Waals surface area contributed by atoms with Crippen molar-refractivity contribution in [2.75, 3.05) is 17.7 Å². The Morgan fingerprint density at radius 2 is 1.95 bits per heavy atom. The van der Waals surface area contributed by atoms with Crippen molar-refractivity contribution in [2.24, 2.45) is 0 Å². The average Bonchev–Trinajstić information content (AvgIpc) is 2.44. The van der Waals surface area contributed by atoms with E-state index < -0.39 is 0 Å². The van der Waals surface area contributed by atoms with Crippen LogP contribution in [-0.2, 0) is 4.79 Å². The van der Waals surface area contributed by atoms with E-state index >= 15 is 0 Å². The number of hydrogen-bond donors (Lipinski definition) is 2. The molecule has 0 spiro atoms. The number of rotatable bonds is 4. The molecular weight excluding hydrogens is 271 g/mol. The Hall–Kier alpha value is -2.56. The fraction of sp³-hybridized carbons (Fsp3) is 0.188. The number of nitrogens with one attached hydrogen (secondary N) is 1. The van der Waals surface area contributed by atoms with Gasteiger partial charge in [-0.15, -0.1) is 0 Å². The van der Waals surface area contributed by atoms with Gasteiger partial charge in [-0.25, -0.2) is 4.39 Å².